The molecular formula is C18H24O5. The van der Waals surface area contributed by atoms with Crippen LogP contribution in [0.3, 0.4) is 0 Å². The quantitative estimate of drug-likeness (QED) is 0.748. The monoisotopic (exact) mass is 320 g/mol. The maximum atomic E-state index is 11.8. The number of aliphatic carboxylic acids is 2. The highest BCUT2D eigenvalue weighted by Gasteiger charge is 2.42. The first-order valence-electron chi connectivity index (χ1n) is 8.15. The number of phenolic OH excluding ortho intramolecular Hbond substituents is 1. The molecule has 1 aliphatic carbocycles. The Hall–Kier alpha value is -2.04. The molecule has 1 fully saturated rings. The zero-order chi connectivity index (χ0) is 17.0. The van der Waals surface area contributed by atoms with Gasteiger partial charge in [-0.1, -0.05) is 19.1 Å². The van der Waals surface area contributed by atoms with Crippen molar-refractivity contribution in [2.45, 2.75) is 51.9 Å². The molecule has 5 nitrogen and oxygen atoms in total. The Morgan fingerprint density at radius 1 is 1.22 bits per heavy atom. The third kappa shape index (κ3) is 3.84. The molecule has 3 N–H and O–H groups in total. The first-order valence-corrected chi connectivity index (χ1v) is 8.15. The molecule has 23 heavy (non-hydrogen) atoms. The number of hydrogen-bond acceptors (Lipinski definition) is 3. The van der Waals surface area contributed by atoms with Crippen LogP contribution in [-0.2, 0) is 22.4 Å². The highest BCUT2D eigenvalue weighted by molar-refractivity contribution is 5.76. The molecule has 0 aromatic heterocycles. The second kappa shape index (κ2) is 7.02. The van der Waals surface area contributed by atoms with E-state index in [1.165, 1.54) is 0 Å². The summed E-state index contributed by atoms with van der Waals surface area (Å²) >= 11 is 0. The van der Waals surface area contributed by atoms with Crippen LogP contribution in [0.2, 0.25) is 0 Å². The molecule has 1 aliphatic rings. The van der Waals surface area contributed by atoms with Crippen LogP contribution in [0.25, 0.3) is 0 Å². The lowest BCUT2D eigenvalue weighted by Crippen LogP contribution is -2.37. The van der Waals surface area contributed by atoms with Crippen molar-refractivity contribution in [2.75, 3.05) is 0 Å². The van der Waals surface area contributed by atoms with Crippen LogP contribution in [0, 0.1) is 11.3 Å². The fourth-order valence-electron chi connectivity index (χ4n) is 3.45. The van der Waals surface area contributed by atoms with Gasteiger partial charge in [0, 0.05) is 0 Å². The van der Waals surface area contributed by atoms with Crippen molar-refractivity contribution in [1.29, 1.82) is 0 Å². The summed E-state index contributed by atoms with van der Waals surface area (Å²) in [4.78, 5) is 22.8. The average molecular weight is 320 g/mol. The molecule has 2 rings (SSSR count). The lowest BCUT2D eigenvalue weighted by Gasteiger charge is -2.35. The number of phenols is 1. The molecule has 0 unspecified atom stereocenters. The minimum Gasteiger partial charge on any atom is -0.508 e. The van der Waals surface area contributed by atoms with E-state index in [9.17, 15) is 19.8 Å². The predicted octanol–water partition coefficient (Wildman–Crippen LogP) is 3.23. The summed E-state index contributed by atoms with van der Waals surface area (Å²) in [5, 5.41) is 28.4. The Kier molecular flexibility index (Phi) is 5.29. The summed E-state index contributed by atoms with van der Waals surface area (Å²) in [6.45, 7) is 1.96. The van der Waals surface area contributed by atoms with Crippen LogP contribution >= 0.6 is 0 Å². The minimum atomic E-state index is -0.824. The maximum absolute atomic E-state index is 11.8. The number of carboxylic acids is 2. The number of aryl methyl sites for hydroxylation is 2. The van der Waals surface area contributed by atoms with Gasteiger partial charge in [0.05, 0.1) is 11.3 Å². The molecule has 0 amide bonds. The van der Waals surface area contributed by atoms with Crippen LogP contribution in [0.15, 0.2) is 18.2 Å². The highest BCUT2D eigenvalue weighted by atomic mass is 16.4. The van der Waals surface area contributed by atoms with Gasteiger partial charge in [0.15, 0.2) is 0 Å². The Balaban J connectivity index is 2.06. The van der Waals surface area contributed by atoms with E-state index in [1.807, 2.05) is 19.1 Å². The minimum absolute atomic E-state index is 0.270. The third-order valence-electron chi connectivity index (χ3n) is 5.16. The van der Waals surface area contributed by atoms with E-state index in [0.29, 0.717) is 38.5 Å². The van der Waals surface area contributed by atoms with Gasteiger partial charge in [-0.25, -0.2) is 0 Å². The average Bonchev–Trinajstić information content (AvgIpc) is 2.54. The van der Waals surface area contributed by atoms with Crippen LogP contribution in [0.1, 0.15) is 50.2 Å². The molecule has 5 heteroatoms. The third-order valence-corrected chi connectivity index (χ3v) is 5.16. The standard InChI is InChI=1S/C18H24O5/c1-2-13-11-12(3-4-15(13)19)5-8-18(17(22)23)9-6-14(7-10-18)16(20)21/h3-4,11,14,19H,2,5-10H2,1H3,(H,20,21)(H,22,23). The number of benzene rings is 1. The van der Waals surface area contributed by atoms with Crippen molar-refractivity contribution in [3.63, 3.8) is 0 Å². The predicted molar refractivity (Wildman–Crippen MR) is 85.5 cm³/mol. The van der Waals surface area contributed by atoms with Gasteiger partial charge < -0.3 is 15.3 Å². The summed E-state index contributed by atoms with van der Waals surface area (Å²) < 4.78 is 0. The van der Waals surface area contributed by atoms with Crippen molar-refractivity contribution >= 4 is 11.9 Å². The number of aromatic hydroxyl groups is 1. The zero-order valence-corrected chi connectivity index (χ0v) is 13.4. The molecule has 0 bridgehead atoms. The molecule has 1 aromatic carbocycles. The molecule has 0 heterocycles. The van der Waals surface area contributed by atoms with Gasteiger partial charge in [0.1, 0.15) is 5.75 Å². The lowest BCUT2D eigenvalue weighted by atomic mass is 9.67. The van der Waals surface area contributed by atoms with E-state index in [-0.39, 0.29) is 5.75 Å². The molecule has 0 atom stereocenters. The Labute approximate surface area is 136 Å². The molecule has 0 radical (unpaired) electrons. The first kappa shape index (κ1) is 17.3. The zero-order valence-electron chi connectivity index (χ0n) is 13.4. The van der Waals surface area contributed by atoms with Crippen molar-refractivity contribution in [3.05, 3.63) is 29.3 Å². The van der Waals surface area contributed by atoms with E-state index in [0.717, 1.165) is 17.5 Å². The van der Waals surface area contributed by atoms with Gasteiger partial charge in [-0.05, 0) is 62.1 Å². The van der Waals surface area contributed by atoms with E-state index < -0.39 is 23.3 Å². The SMILES string of the molecule is CCc1cc(CCC2(C(=O)O)CCC(C(=O)O)CC2)ccc1O. The molecular weight excluding hydrogens is 296 g/mol. The highest BCUT2D eigenvalue weighted by Crippen LogP contribution is 2.43. The van der Waals surface area contributed by atoms with E-state index in [2.05, 4.69) is 0 Å². The van der Waals surface area contributed by atoms with Gasteiger partial charge in [0.2, 0.25) is 0 Å². The maximum Gasteiger partial charge on any atom is 0.309 e. The first-order chi connectivity index (χ1) is 10.9. The molecule has 1 aromatic rings. The van der Waals surface area contributed by atoms with E-state index >= 15 is 0 Å². The van der Waals surface area contributed by atoms with Gasteiger partial charge in [0.25, 0.3) is 0 Å². The molecule has 126 valence electrons. The van der Waals surface area contributed by atoms with Crippen molar-refractivity contribution in [3.8, 4) is 5.75 Å². The van der Waals surface area contributed by atoms with E-state index in [1.54, 1.807) is 6.07 Å². The van der Waals surface area contributed by atoms with Gasteiger partial charge in [-0.15, -0.1) is 0 Å². The molecule has 0 saturated heterocycles. The Morgan fingerprint density at radius 2 is 1.87 bits per heavy atom. The van der Waals surface area contributed by atoms with Gasteiger partial charge >= 0.3 is 11.9 Å². The number of hydrogen-bond donors (Lipinski definition) is 3. The number of carbonyl (C=O) groups is 2. The summed E-state index contributed by atoms with van der Waals surface area (Å²) in [5.41, 5.74) is 1.05. The Bertz CT molecular complexity index is 585. The van der Waals surface area contributed by atoms with Crippen molar-refractivity contribution in [1.82, 2.24) is 0 Å². The number of rotatable bonds is 6. The summed E-state index contributed by atoms with van der Waals surface area (Å²) in [5.74, 6) is -1.79. The second-order valence-corrected chi connectivity index (χ2v) is 6.51. The summed E-state index contributed by atoms with van der Waals surface area (Å²) in [6, 6.07) is 5.41. The number of carboxylic acid groups (broad SMARTS) is 2. The summed E-state index contributed by atoms with van der Waals surface area (Å²) in [6.07, 6.45) is 3.54. The normalized spacial score (nSPS) is 24.3. The molecule has 0 spiro atoms. The fraction of sp³-hybridized carbons (Fsp3) is 0.556. The van der Waals surface area contributed by atoms with Crippen LogP contribution in [0.5, 0.6) is 5.75 Å². The smallest absolute Gasteiger partial charge is 0.309 e. The lowest BCUT2D eigenvalue weighted by molar-refractivity contribution is -0.155. The van der Waals surface area contributed by atoms with Crippen LogP contribution < -0.4 is 0 Å². The summed E-state index contributed by atoms with van der Waals surface area (Å²) in [7, 11) is 0. The largest absolute Gasteiger partial charge is 0.508 e. The van der Waals surface area contributed by atoms with E-state index in [4.69, 9.17) is 5.11 Å². The van der Waals surface area contributed by atoms with Crippen LogP contribution in [-0.4, -0.2) is 27.3 Å². The van der Waals surface area contributed by atoms with Gasteiger partial charge in [-0.3, -0.25) is 9.59 Å². The molecule has 1 saturated carbocycles. The molecule has 0 aliphatic heterocycles. The topological polar surface area (TPSA) is 94.8 Å². The fourth-order valence-corrected chi connectivity index (χ4v) is 3.45. The van der Waals surface area contributed by atoms with Gasteiger partial charge in [-0.2, -0.15) is 0 Å². The van der Waals surface area contributed by atoms with Crippen molar-refractivity contribution in [2.24, 2.45) is 11.3 Å². The Morgan fingerprint density at radius 3 is 2.39 bits per heavy atom. The second-order valence-electron chi connectivity index (χ2n) is 6.51. The van der Waals surface area contributed by atoms with Crippen LogP contribution in [0.4, 0.5) is 0 Å². The van der Waals surface area contributed by atoms with Crippen molar-refractivity contribution < 1.29 is 24.9 Å².